The van der Waals surface area contributed by atoms with Gasteiger partial charge in [-0.05, 0) is 75.4 Å². The number of aryl methyl sites for hydroxylation is 1. The van der Waals surface area contributed by atoms with E-state index in [1.165, 1.54) is 56.3 Å². The van der Waals surface area contributed by atoms with Crippen LogP contribution in [0.15, 0.2) is 18.2 Å². The first-order valence-electron chi connectivity index (χ1n) is 8.42. The second kappa shape index (κ2) is 6.80. The fourth-order valence-corrected chi connectivity index (χ4v) is 3.75. The topological polar surface area (TPSA) is 24.5 Å². The minimum absolute atomic E-state index is 0.518. The quantitative estimate of drug-likeness (QED) is 0.901. The largest absolute Gasteiger partial charge is 0.497 e. The number of rotatable bonds is 5. The lowest BCUT2D eigenvalue weighted by Crippen LogP contribution is -2.40. The Bertz CT molecular complexity index is 468. The molecule has 0 spiro atoms. The van der Waals surface area contributed by atoms with Crippen LogP contribution < -0.4 is 10.1 Å². The van der Waals surface area contributed by atoms with E-state index in [1.807, 2.05) is 0 Å². The van der Waals surface area contributed by atoms with Crippen LogP contribution in [0.1, 0.15) is 49.8 Å². The van der Waals surface area contributed by atoms with Gasteiger partial charge in [-0.25, -0.2) is 0 Å². The van der Waals surface area contributed by atoms with Gasteiger partial charge in [0.15, 0.2) is 0 Å². The van der Waals surface area contributed by atoms with Crippen molar-refractivity contribution < 1.29 is 4.74 Å². The Hall–Kier alpha value is -1.06. The van der Waals surface area contributed by atoms with Crippen molar-refractivity contribution >= 4 is 0 Å². The van der Waals surface area contributed by atoms with Crippen LogP contribution in [0.5, 0.6) is 5.75 Å². The molecular formula is C18H28N2O. The van der Waals surface area contributed by atoms with Crippen molar-refractivity contribution in [1.82, 2.24) is 10.2 Å². The molecule has 1 aliphatic heterocycles. The summed E-state index contributed by atoms with van der Waals surface area (Å²) in [6.07, 6.45) is 6.46. The molecule has 2 aliphatic rings. The normalized spacial score (nSPS) is 23.8. The van der Waals surface area contributed by atoms with E-state index in [0.717, 1.165) is 12.3 Å². The van der Waals surface area contributed by atoms with Crippen LogP contribution in [0.3, 0.4) is 0 Å². The van der Waals surface area contributed by atoms with E-state index < -0.39 is 0 Å². The first-order chi connectivity index (χ1) is 10.3. The first kappa shape index (κ1) is 14.9. The summed E-state index contributed by atoms with van der Waals surface area (Å²) in [7, 11) is 1.75. The first-order valence-corrected chi connectivity index (χ1v) is 8.42. The molecular weight excluding hydrogens is 260 g/mol. The second-order valence-corrected chi connectivity index (χ2v) is 6.51. The smallest absolute Gasteiger partial charge is 0.119 e. The lowest BCUT2D eigenvalue weighted by molar-refractivity contribution is 0.243. The molecule has 3 rings (SSSR count). The monoisotopic (exact) mass is 288 g/mol. The molecule has 1 N–H and O–H groups in total. The molecule has 3 heteroatoms. The SMILES string of the molecule is COc1ccc2c(c1)CCCC2NCC(C)N1CCCC1. The number of hydrogen-bond acceptors (Lipinski definition) is 3. The number of fused-ring (bicyclic) bond motifs is 1. The molecule has 1 aliphatic carbocycles. The van der Waals surface area contributed by atoms with Crippen molar-refractivity contribution in [3.05, 3.63) is 29.3 Å². The summed E-state index contributed by atoms with van der Waals surface area (Å²) in [6.45, 7) is 6.01. The lowest BCUT2D eigenvalue weighted by Gasteiger charge is -2.30. The Kier molecular flexibility index (Phi) is 4.81. The van der Waals surface area contributed by atoms with Gasteiger partial charge < -0.3 is 10.1 Å². The number of hydrogen-bond donors (Lipinski definition) is 1. The van der Waals surface area contributed by atoms with Crippen LogP contribution in [-0.2, 0) is 6.42 Å². The number of methoxy groups -OCH3 is 1. The zero-order chi connectivity index (χ0) is 14.7. The summed E-state index contributed by atoms with van der Waals surface area (Å²) in [5, 5.41) is 3.81. The molecule has 3 nitrogen and oxygen atoms in total. The Morgan fingerprint density at radius 3 is 2.86 bits per heavy atom. The van der Waals surface area contributed by atoms with Gasteiger partial charge >= 0.3 is 0 Å². The Morgan fingerprint density at radius 1 is 1.29 bits per heavy atom. The molecule has 2 atom stereocenters. The van der Waals surface area contributed by atoms with Gasteiger partial charge in [0.25, 0.3) is 0 Å². The van der Waals surface area contributed by atoms with E-state index in [9.17, 15) is 0 Å². The number of nitrogens with one attached hydrogen (secondary N) is 1. The van der Waals surface area contributed by atoms with Gasteiger partial charge in [-0.2, -0.15) is 0 Å². The number of likely N-dealkylation sites (tertiary alicyclic amines) is 1. The summed E-state index contributed by atoms with van der Waals surface area (Å²) < 4.78 is 5.35. The van der Waals surface area contributed by atoms with Crippen molar-refractivity contribution in [2.45, 2.75) is 51.1 Å². The minimum Gasteiger partial charge on any atom is -0.497 e. The van der Waals surface area contributed by atoms with Gasteiger partial charge in [-0.15, -0.1) is 0 Å². The highest BCUT2D eigenvalue weighted by Crippen LogP contribution is 2.32. The third-order valence-corrected chi connectivity index (χ3v) is 5.09. The Balaban J connectivity index is 1.62. The van der Waals surface area contributed by atoms with Gasteiger partial charge in [-0.3, -0.25) is 4.90 Å². The molecule has 0 saturated carbocycles. The molecule has 1 saturated heterocycles. The van der Waals surface area contributed by atoms with Crippen molar-refractivity contribution in [3.63, 3.8) is 0 Å². The van der Waals surface area contributed by atoms with Gasteiger partial charge in [0.05, 0.1) is 7.11 Å². The fourth-order valence-electron chi connectivity index (χ4n) is 3.75. The summed E-state index contributed by atoms with van der Waals surface area (Å²) >= 11 is 0. The van der Waals surface area contributed by atoms with Gasteiger partial charge in [-0.1, -0.05) is 6.07 Å². The van der Waals surface area contributed by atoms with Crippen LogP contribution in [0.25, 0.3) is 0 Å². The molecule has 0 aromatic heterocycles. The molecule has 1 aromatic carbocycles. The molecule has 116 valence electrons. The predicted molar refractivity (Wildman–Crippen MR) is 86.9 cm³/mol. The third-order valence-electron chi connectivity index (χ3n) is 5.09. The number of nitrogens with zero attached hydrogens (tertiary/aromatic N) is 1. The molecule has 2 unspecified atom stereocenters. The number of ether oxygens (including phenoxy) is 1. The van der Waals surface area contributed by atoms with E-state index >= 15 is 0 Å². The van der Waals surface area contributed by atoms with Crippen molar-refractivity contribution in [3.8, 4) is 5.75 Å². The average Bonchev–Trinajstić information content (AvgIpc) is 3.06. The molecule has 1 aromatic rings. The van der Waals surface area contributed by atoms with Crippen LogP contribution in [0.2, 0.25) is 0 Å². The predicted octanol–water partition coefficient (Wildman–Crippen LogP) is 3.15. The molecule has 0 radical (unpaired) electrons. The third kappa shape index (κ3) is 3.41. The van der Waals surface area contributed by atoms with E-state index in [4.69, 9.17) is 4.74 Å². The van der Waals surface area contributed by atoms with Crippen LogP contribution in [-0.4, -0.2) is 37.7 Å². The van der Waals surface area contributed by atoms with Crippen molar-refractivity contribution in [2.24, 2.45) is 0 Å². The summed E-state index contributed by atoms with van der Waals surface area (Å²) in [5.41, 5.74) is 2.95. The van der Waals surface area contributed by atoms with Crippen molar-refractivity contribution in [1.29, 1.82) is 0 Å². The van der Waals surface area contributed by atoms with Crippen molar-refractivity contribution in [2.75, 3.05) is 26.7 Å². The van der Waals surface area contributed by atoms with E-state index in [2.05, 4.69) is 35.3 Å². The maximum atomic E-state index is 5.35. The molecule has 21 heavy (non-hydrogen) atoms. The maximum absolute atomic E-state index is 5.35. The van der Waals surface area contributed by atoms with E-state index in [0.29, 0.717) is 12.1 Å². The standard InChI is InChI=1S/C18H28N2O/c1-14(20-10-3-4-11-20)13-19-18-7-5-6-15-12-16(21-2)8-9-17(15)18/h8-9,12,14,18-19H,3-7,10-11,13H2,1-2H3. The second-order valence-electron chi connectivity index (χ2n) is 6.51. The average molecular weight is 288 g/mol. The molecule has 1 heterocycles. The number of benzene rings is 1. The highest BCUT2D eigenvalue weighted by atomic mass is 16.5. The van der Waals surface area contributed by atoms with Gasteiger partial charge in [0.1, 0.15) is 5.75 Å². The van der Waals surface area contributed by atoms with E-state index in [-0.39, 0.29) is 0 Å². The van der Waals surface area contributed by atoms with Gasteiger partial charge in [0, 0.05) is 18.6 Å². The highest BCUT2D eigenvalue weighted by molar-refractivity contribution is 5.39. The summed E-state index contributed by atoms with van der Waals surface area (Å²) in [6, 6.07) is 7.74. The maximum Gasteiger partial charge on any atom is 0.119 e. The van der Waals surface area contributed by atoms with Crippen LogP contribution in [0.4, 0.5) is 0 Å². The van der Waals surface area contributed by atoms with Crippen LogP contribution >= 0.6 is 0 Å². The van der Waals surface area contributed by atoms with Gasteiger partial charge in [0.2, 0.25) is 0 Å². The molecule has 0 amide bonds. The lowest BCUT2D eigenvalue weighted by atomic mass is 9.87. The molecule has 1 fully saturated rings. The minimum atomic E-state index is 0.518. The Labute approximate surface area is 128 Å². The summed E-state index contributed by atoms with van der Waals surface area (Å²) in [4.78, 5) is 2.62. The van der Waals surface area contributed by atoms with E-state index in [1.54, 1.807) is 7.11 Å². The fraction of sp³-hybridized carbons (Fsp3) is 0.667. The summed E-state index contributed by atoms with van der Waals surface area (Å²) in [5.74, 6) is 0.986. The zero-order valence-electron chi connectivity index (χ0n) is 13.4. The van der Waals surface area contributed by atoms with Crippen LogP contribution in [0, 0.1) is 0 Å². The zero-order valence-corrected chi connectivity index (χ0v) is 13.4. The highest BCUT2D eigenvalue weighted by Gasteiger charge is 2.23. The molecule has 0 bridgehead atoms. The Morgan fingerprint density at radius 2 is 2.10 bits per heavy atom.